The molecule has 0 amide bonds. The monoisotopic (exact) mass is 301 g/mol. The Labute approximate surface area is 125 Å². The van der Waals surface area contributed by atoms with Crippen molar-refractivity contribution in [3.8, 4) is 0 Å². The van der Waals surface area contributed by atoms with Gasteiger partial charge >= 0.3 is 0 Å². The SMILES string of the molecule is CC(C)(C)CC(N)CC(=O)Cc1cccc(Cl)c1Cl. The van der Waals surface area contributed by atoms with Crippen LogP contribution < -0.4 is 5.73 Å². The van der Waals surface area contributed by atoms with Crippen LogP contribution in [0.25, 0.3) is 0 Å². The quantitative estimate of drug-likeness (QED) is 0.883. The average Bonchev–Trinajstić information content (AvgIpc) is 2.21. The molecule has 1 aromatic carbocycles. The van der Waals surface area contributed by atoms with Gasteiger partial charge in [-0.25, -0.2) is 0 Å². The minimum Gasteiger partial charge on any atom is -0.327 e. The Morgan fingerprint density at radius 2 is 1.95 bits per heavy atom. The summed E-state index contributed by atoms with van der Waals surface area (Å²) in [6.07, 6.45) is 1.49. The fraction of sp³-hybridized carbons (Fsp3) is 0.533. The molecular weight excluding hydrogens is 281 g/mol. The van der Waals surface area contributed by atoms with E-state index < -0.39 is 0 Å². The summed E-state index contributed by atoms with van der Waals surface area (Å²) in [5.74, 6) is 0.0981. The Morgan fingerprint density at radius 3 is 2.53 bits per heavy atom. The number of nitrogens with two attached hydrogens (primary N) is 1. The second-order valence-corrected chi connectivity index (χ2v) is 6.94. The summed E-state index contributed by atoms with van der Waals surface area (Å²) in [4.78, 5) is 12.0. The molecule has 0 aromatic heterocycles. The summed E-state index contributed by atoms with van der Waals surface area (Å²) >= 11 is 12.0. The lowest BCUT2D eigenvalue weighted by molar-refractivity contribution is -0.118. The molecular formula is C15H21Cl2NO. The molecule has 0 heterocycles. The molecule has 0 aliphatic heterocycles. The van der Waals surface area contributed by atoms with Crippen molar-refractivity contribution in [1.82, 2.24) is 0 Å². The molecule has 1 atom stereocenters. The molecule has 0 aliphatic carbocycles. The lowest BCUT2D eigenvalue weighted by atomic mass is 9.86. The van der Waals surface area contributed by atoms with Crippen molar-refractivity contribution in [2.45, 2.75) is 46.1 Å². The molecule has 106 valence electrons. The maximum Gasteiger partial charge on any atom is 0.138 e. The number of benzene rings is 1. The van der Waals surface area contributed by atoms with E-state index in [-0.39, 0.29) is 23.7 Å². The van der Waals surface area contributed by atoms with Crippen LogP contribution in [0.3, 0.4) is 0 Å². The van der Waals surface area contributed by atoms with Gasteiger partial charge in [-0.2, -0.15) is 0 Å². The molecule has 0 aliphatic rings. The summed E-state index contributed by atoms with van der Waals surface area (Å²) in [5.41, 5.74) is 6.90. The number of Topliss-reactive ketones (excluding diaryl/α,β-unsaturated/α-hetero) is 1. The molecule has 2 nitrogen and oxygen atoms in total. The second-order valence-electron chi connectivity index (χ2n) is 6.16. The number of rotatable bonds is 5. The maximum atomic E-state index is 12.0. The van der Waals surface area contributed by atoms with Crippen molar-refractivity contribution >= 4 is 29.0 Å². The average molecular weight is 302 g/mol. The van der Waals surface area contributed by atoms with Crippen molar-refractivity contribution < 1.29 is 4.79 Å². The lowest BCUT2D eigenvalue weighted by Gasteiger charge is -2.22. The normalized spacial score (nSPS) is 13.4. The van der Waals surface area contributed by atoms with Crippen LogP contribution in [-0.2, 0) is 11.2 Å². The number of carbonyl (C=O) groups excluding carboxylic acids is 1. The van der Waals surface area contributed by atoms with Gasteiger partial charge in [0.25, 0.3) is 0 Å². The molecule has 0 fully saturated rings. The van der Waals surface area contributed by atoms with Gasteiger partial charge in [-0.05, 0) is 23.5 Å². The Kier molecular flexibility index (Phi) is 5.84. The van der Waals surface area contributed by atoms with Crippen molar-refractivity contribution in [2.24, 2.45) is 11.1 Å². The highest BCUT2D eigenvalue weighted by molar-refractivity contribution is 6.42. The van der Waals surface area contributed by atoms with Gasteiger partial charge in [0.2, 0.25) is 0 Å². The summed E-state index contributed by atoms with van der Waals surface area (Å²) in [6.45, 7) is 6.35. The number of hydrogen-bond donors (Lipinski definition) is 1. The summed E-state index contributed by atoms with van der Waals surface area (Å²) in [5, 5.41) is 0.938. The van der Waals surface area contributed by atoms with E-state index in [0.29, 0.717) is 16.5 Å². The van der Waals surface area contributed by atoms with E-state index in [1.165, 1.54) is 0 Å². The molecule has 1 unspecified atom stereocenters. The summed E-state index contributed by atoms with van der Waals surface area (Å²) < 4.78 is 0. The molecule has 0 saturated heterocycles. The van der Waals surface area contributed by atoms with E-state index in [2.05, 4.69) is 20.8 Å². The molecule has 2 N–H and O–H groups in total. The van der Waals surface area contributed by atoms with Gasteiger partial charge < -0.3 is 5.73 Å². The van der Waals surface area contributed by atoms with Gasteiger partial charge in [0.1, 0.15) is 5.78 Å². The number of ketones is 1. The lowest BCUT2D eigenvalue weighted by Crippen LogP contribution is -2.29. The van der Waals surface area contributed by atoms with Crippen LogP contribution in [0, 0.1) is 5.41 Å². The first-order chi connectivity index (χ1) is 8.69. The van der Waals surface area contributed by atoms with Gasteiger partial charge in [-0.15, -0.1) is 0 Å². The first kappa shape index (κ1) is 16.5. The van der Waals surface area contributed by atoms with E-state index in [4.69, 9.17) is 28.9 Å². The molecule has 0 radical (unpaired) electrons. The van der Waals surface area contributed by atoms with Gasteiger partial charge in [-0.3, -0.25) is 4.79 Å². The van der Waals surface area contributed by atoms with Crippen LogP contribution in [0.4, 0.5) is 0 Å². The van der Waals surface area contributed by atoms with Gasteiger partial charge in [0.05, 0.1) is 10.0 Å². The minimum atomic E-state index is -0.106. The van der Waals surface area contributed by atoms with Crippen molar-refractivity contribution in [2.75, 3.05) is 0 Å². The Morgan fingerprint density at radius 1 is 1.32 bits per heavy atom. The summed E-state index contributed by atoms with van der Waals surface area (Å²) in [7, 11) is 0. The number of halogens is 2. The Hall–Kier alpha value is -0.570. The van der Waals surface area contributed by atoms with E-state index in [0.717, 1.165) is 12.0 Å². The fourth-order valence-electron chi connectivity index (χ4n) is 2.12. The van der Waals surface area contributed by atoms with Crippen LogP contribution in [0.15, 0.2) is 18.2 Å². The maximum absolute atomic E-state index is 12.0. The minimum absolute atomic E-state index is 0.0981. The van der Waals surface area contributed by atoms with E-state index in [1.54, 1.807) is 12.1 Å². The number of hydrogen-bond acceptors (Lipinski definition) is 2. The van der Waals surface area contributed by atoms with Crippen molar-refractivity contribution in [3.63, 3.8) is 0 Å². The smallest absolute Gasteiger partial charge is 0.138 e. The van der Waals surface area contributed by atoms with Crippen LogP contribution in [0.2, 0.25) is 10.0 Å². The van der Waals surface area contributed by atoms with Gasteiger partial charge in [-0.1, -0.05) is 56.1 Å². The highest BCUT2D eigenvalue weighted by Gasteiger charge is 2.19. The Balaban J connectivity index is 2.58. The molecule has 0 saturated carbocycles. The van der Waals surface area contributed by atoms with Crippen LogP contribution in [0.5, 0.6) is 0 Å². The zero-order chi connectivity index (χ0) is 14.6. The van der Waals surface area contributed by atoms with E-state index in [9.17, 15) is 4.79 Å². The third kappa shape index (κ3) is 5.94. The predicted molar refractivity (Wildman–Crippen MR) is 81.8 cm³/mol. The zero-order valence-electron chi connectivity index (χ0n) is 11.7. The molecule has 0 bridgehead atoms. The van der Waals surface area contributed by atoms with Crippen molar-refractivity contribution in [3.05, 3.63) is 33.8 Å². The fourth-order valence-corrected chi connectivity index (χ4v) is 2.51. The van der Waals surface area contributed by atoms with Gasteiger partial charge in [0.15, 0.2) is 0 Å². The van der Waals surface area contributed by atoms with Crippen LogP contribution >= 0.6 is 23.2 Å². The molecule has 19 heavy (non-hydrogen) atoms. The van der Waals surface area contributed by atoms with Crippen molar-refractivity contribution in [1.29, 1.82) is 0 Å². The Bertz CT molecular complexity index is 452. The first-order valence-corrected chi connectivity index (χ1v) is 7.15. The zero-order valence-corrected chi connectivity index (χ0v) is 13.2. The third-order valence-electron chi connectivity index (χ3n) is 2.78. The first-order valence-electron chi connectivity index (χ1n) is 6.39. The largest absolute Gasteiger partial charge is 0.327 e. The van der Waals surface area contributed by atoms with Gasteiger partial charge in [0, 0.05) is 18.9 Å². The molecule has 4 heteroatoms. The summed E-state index contributed by atoms with van der Waals surface area (Å²) in [6, 6.07) is 5.22. The van der Waals surface area contributed by atoms with Crippen LogP contribution in [0.1, 0.15) is 39.2 Å². The highest BCUT2D eigenvalue weighted by atomic mass is 35.5. The predicted octanol–water partition coefficient (Wildman–Crippen LogP) is 4.26. The molecule has 0 spiro atoms. The van der Waals surface area contributed by atoms with E-state index >= 15 is 0 Å². The molecule has 1 aromatic rings. The standard InChI is InChI=1S/C15H21Cl2NO/c1-15(2,3)9-11(18)8-12(19)7-10-5-4-6-13(16)14(10)17/h4-6,11H,7-9,18H2,1-3H3. The second kappa shape index (κ2) is 6.74. The van der Waals surface area contributed by atoms with Crippen LogP contribution in [-0.4, -0.2) is 11.8 Å². The third-order valence-corrected chi connectivity index (χ3v) is 3.64. The van der Waals surface area contributed by atoms with E-state index in [1.807, 2.05) is 6.07 Å². The topological polar surface area (TPSA) is 43.1 Å². The highest BCUT2D eigenvalue weighted by Crippen LogP contribution is 2.26. The number of carbonyl (C=O) groups is 1. The molecule has 1 rings (SSSR count).